The Morgan fingerprint density at radius 1 is 1.43 bits per heavy atom. The van der Waals surface area contributed by atoms with Crippen molar-refractivity contribution in [2.45, 2.75) is 13.8 Å². The molecule has 1 aromatic rings. The van der Waals surface area contributed by atoms with Crippen LogP contribution in [0.4, 0.5) is 10.5 Å². The van der Waals surface area contributed by atoms with Crippen molar-refractivity contribution in [3.8, 4) is 6.07 Å². The fourth-order valence-corrected chi connectivity index (χ4v) is 1.59. The first-order valence-corrected chi connectivity index (χ1v) is 5.10. The minimum absolute atomic E-state index is 0.126. The minimum Gasteiger partial charge on any atom is -0.317 e. The Labute approximate surface area is 96.3 Å². The molecular weight excluding hydrogens is 291 g/mol. The topological polar surface area (TPSA) is 52.9 Å². The zero-order valence-corrected chi connectivity index (χ0v) is 10.0. The van der Waals surface area contributed by atoms with Crippen LogP contribution < -0.4 is 5.32 Å². The summed E-state index contributed by atoms with van der Waals surface area (Å²) in [5.74, 6) is 0. The van der Waals surface area contributed by atoms with E-state index in [4.69, 9.17) is 5.26 Å². The van der Waals surface area contributed by atoms with Crippen LogP contribution in [-0.4, -0.2) is 3.91 Å². The number of hydrogen-bond donors (Lipinski definition) is 1. The predicted octanol–water partition coefficient (Wildman–Crippen LogP) is 3.14. The Hall–Kier alpha value is -1.09. The SMILES string of the molecule is Cc1cc(C#N)cc(C)c1NC(=O)I. The molecule has 1 amide bonds. The molecule has 1 N–H and O–H groups in total. The molecule has 1 aromatic carbocycles. The molecule has 14 heavy (non-hydrogen) atoms. The lowest BCUT2D eigenvalue weighted by Gasteiger charge is -2.09. The van der Waals surface area contributed by atoms with Crippen molar-refractivity contribution in [1.82, 2.24) is 0 Å². The number of aryl methyl sites for hydroxylation is 2. The number of carbonyl (C=O) groups excluding carboxylic acids is 1. The summed E-state index contributed by atoms with van der Waals surface area (Å²) in [7, 11) is 0. The van der Waals surface area contributed by atoms with Gasteiger partial charge in [0.25, 0.3) is 3.91 Å². The van der Waals surface area contributed by atoms with Crippen LogP contribution in [-0.2, 0) is 0 Å². The summed E-state index contributed by atoms with van der Waals surface area (Å²) in [6.45, 7) is 3.74. The van der Waals surface area contributed by atoms with Crippen molar-refractivity contribution in [2.75, 3.05) is 5.32 Å². The normalized spacial score (nSPS) is 9.29. The number of rotatable bonds is 1. The van der Waals surface area contributed by atoms with E-state index in [1.54, 1.807) is 34.7 Å². The third-order valence-electron chi connectivity index (χ3n) is 1.89. The van der Waals surface area contributed by atoms with E-state index in [0.717, 1.165) is 16.8 Å². The Morgan fingerprint density at radius 3 is 2.29 bits per heavy atom. The van der Waals surface area contributed by atoms with Gasteiger partial charge in [-0.15, -0.1) is 0 Å². The Balaban J connectivity index is 3.19. The average Bonchev–Trinajstić information content (AvgIpc) is 2.10. The van der Waals surface area contributed by atoms with Gasteiger partial charge in [-0.25, -0.2) is 0 Å². The summed E-state index contributed by atoms with van der Waals surface area (Å²) in [4.78, 5) is 10.9. The number of nitrogens with zero attached hydrogens (tertiary/aromatic N) is 1. The largest absolute Gasteiger partial charge is 0.317 e. The lowest BCUT2D eigenvalue weighted by atomic mass is 10.1. The summed E-state index contributed by atoms with van der Waals surface area (Å²) < 4.78 is -0.126. The second kappa shape index (κ2) is 4.42. The van der Waals surface area contributed by atoms with Crippen LogP contribution in [0, 0.1) is 25.2 Å². The zero-order valence-electron chi connectivity index (χ0n) is 7.89. The smallest absolute Gasteiger partial charge is 0.285 e. The van der Waals surface area contributed by atoms with Crippen LogP contribution in [0.25, 0.3) is 0 Å². The first kappa shape index (κ1) is 11.0. The van der Waals surface area contributed by atoms with Gasteiger partial charge in [0.05, 0.1) is 11.6 Å². The van der Waals surface area contributed by atoms with E-state index in [1.165, 1.54) is 0 Å². The van der Waals surface area contributed by atoms with Gasteiger partial charge >= 0.3 is 0 Å². The molecule has 0 unspecified atom stereocenters. The number of carbonyl (C=O) groups is 1. The summed E-state index contributed by atoms with van der Waals surface area (Å²) >= 11 is 1.68. The molecular formula is C10H9IN2O. The van der Waals surface area contributed by atoms with Gasteiger partial charge in [-0.2, -0.15) is 5.26 Å². The van der Waals surface area contributed by atoms with Crippen LogP contribution in [0.15, 0.2) is 12.1 Å². The number of nitriles is 1. The third-order valence-corrected chi connectivity index (χ3v) is 2.15. The highest BCUT2D eigenvalue weighted by Crippen LogP contribution is 2.22. The van der Waals surface area contributed by atoms with Crippen molar-refractivity contribution in [2.24, 2.45) is 0 Å². The number of hydrogen-bond acceptors (Lipinski definition) is 2. The van der Waals surface area contributed by atoms with Gasteiger partial charge in [0.15, 0.2) is 0 Å². The van der Waals surface area contributed by atoms with E-state index in [9.17, 15) is 4.79 Å². The molecule has 0 saturated carbocycles. The Kier molecular flexibility index (Phi) is 3.47. The maximum absolute atomic E-state index is 10.9. The number of nitrogens with one attached hydrogen (secondary N) is 1. The molecule has 4 heteroatoms. The Morgan fingerprint density at radius 2 is 1.93 bits per heavy atom. The highest BCUT2D eigenvalue weighted by atomic mass is 127. The van der Waals surface area contributed by atoms with Crippen LogP contribution in [0.5, 0.6) is 0 Å². The van der Waals surface area contributed by atoms with E-state index in [0.29, 0.717) is 5.56 Å². The van der Waals surface area contributed by atoms with Crippen LogP contribution in [0.2, 0.25) is 0 Å². The van der Waals surface area contributed by atoms with Gasteiger partial charge in [-0.1, -0.05) is 0 Å². The molecule has 0 bridgehead atoms. The molecule has 0 aliphatic carbocycles. The third kappa shape index (κ3) is 2.45. The van der Waals surface area contributed by atoms with Gasteiger partial charge in [0.2, 0.25) is 0 Å². The molecule has 0 atom stereocenters. The number of benzene rings is 1. The summed E-state index contributed by atoms with van der Waals surface area (Å²) in [5, 5.41) is 11.5. The summed E-state index contributed by atoms with van der Waals surface area (Å²) in [5.41, 5.74) is 3.23. The fourth-order valence-electron chi connectivity index (χ4n) is 1.32. The van der Waals surface area contributed by atoms with Gasteiger partial charge < -0.3 is 5.32 Å². The Bertz CT molecular complexity index is 398. The molecule has 3 nitrogen and oxygen atoms in total. The molecule has 0 radical (unpaired) electrons. The lowest BCUT2D eigenvalue weighted by molar-refractivity contribution is 0.271. The number of amides is 1. The van der Waals surface area contributed by atoms with Gasteiger partial charge in [-0.05, 0) is 37.1 Å². The standard InChI is InChI=1S/C10H9IN2O/c1-6-3-8(5-12)4-7(2)9(6)13-10(11)14/h3-4H,1-2H3,(H,13,14). The van der Waals surface area contributed by atoms with E-state index in [-0.39, 0.29) is 3.91 Å². The predicted molar refractivity (Wildman–Crippen MR) is 63.7 cm³/mol. The van der Waals surface area contributed by atoms with Crippen LogP contribution in [0.3, 0.4) is 0 Å². The lowest BCUT2D eigenvalue weighted by Crippen LogP contribution is -2.04. The first-order chi connectivity index (χ1) is 6.54. The van der Waals surface area contributed by atoms with Gasteiger partial charge in [0, 0.05) is 28.3 Å². The molecule has 0 aliphatic rings. The number of anilines is 1. The monoisotopic (exact) mass is 300 g/mol. The van der Waals surface area contributed by atoms with Crippen molar-refractivity contribution in [3.63, 3.8) is 0 Å². The van der Waals surface area contributed by atoms with E-state index in [2.05, 4.69) is 11.4 Å². The highest BCUT2D eigenvalue weighted by molar-refractivity contribution is 14.1. The second-order valence-corrected chi connectivity index (χ2v) is 3.98. The second-order valence-electron chi connectivity index (χ2n) is 3.00. The van der Waals surface area contributed by atoms with Crippen molar-refractivity contribution in [3.05, 3.63) is 28.8 Å². The molecule has 0 aliphatic heterocycles. The zero-order chi connectivity index (χ0) is 10.7. The molecule has 0 aromatic heterocycles. The molecule has 1 rings (SSSR count). The maximum Gasteiger partial charge on any atom is 0.285 e. The van der Waals surface area contributed by atoms with Crippen molar-refractivity contribution < 1.29 is 4.79 Å². The fraction of sp³-hybridized carbons (Fsp3) is 0.200. The quantitative estimate of drug-likeness (QED) is 0.492. The summed E-state index contributed by atoms with van der Waals surface area (Å²) in [6, 6.07) is 5.59. The van der Waals surface area contributed by atoms with Gasteiger partial charge in [-0.3, -0.25) is 4.79 Å². The van der Waals surface area contributed by atoms with E-state index < -0.39 is 0 Å². The molecule has 0 saturated heterocycles. The van der Waals surface area contributed by atoms with Gasteiger partial charge in [0.1, 0.15) is 0 Å². The maximum atomic E-state index is 10.9. The highest BCUT2D eigenvalue weighted by Gasteiger charge is 2.06. The molecule has 0 fully saturated rings. The summed E-state index contributed by atoms with van der Waals surface area (Å²) in [6.07, 6.45) is 0. The number of halogens is 1. The molecule has 0 spiro atoms. The van der Waals surface area contributed by atoms with E-state index >= 15 is 0 Å². The van der Waals surface area contributed by atoms with E-state index in [1.807, 2.05) is 13.8 Å². The minimum atomic E-state index is -0.126. The molecule has 72 valence electrons. The van der Waals surface area contributed by atoms with Crippen molar-refractivity contribution in [1.29, 1.82) is 5.26 Å². The van der Waals surface area contributed by atoms with Crippen LogP contribution >= 0.6 is 22.6 Å². The first-order valence-electron chi connectivity index (χ1n) is 4.02. The van der Waals surface area contributed by atoms with Crippen LogP contribution in [0.1, 0.15) is 16.7 Å². The molecule has 0 heterocycles. The average molecular weight is 300 g/mol. The van der Waals surface area contributed by atoms with Crippen molar-refractivity contribution >= 4 is 32.2 Å².